The van der Waals surface area contributed by atoms with Crippen molar-refractivity contribution >= 4 is 22.5 Å². The zero-order valence-corrected chi connectivity index (χ0v) is 14.9. The van der Waals surface area contributed by atoms with Crippen molar-refractivity contribution < 1.29 is 9.53 Å². The van der Waals surface area contributed by atoms with E-state index in [2.05, 4.69) is 15.6 Å². The first-order valence-corrected chi connectivity index (χ1v) is 9.22. The van der Waals surface area contributed by atoms with E-state index in [0.29, 0.717) is 11.2 Å². The van der Waals surface area contributed by atoms with Crippen molar-refractivity contribution in [2.24, 2.45) is 0 Å². The van der Waals surface area contributed by atoms with Crippen molar-refractivity contribution in [3.63, 3.8) is 0 Å². The van der Waals surface area contributed by atoms with Crippen molar-refractivity contribution in [1.29, 1.82) is 0 Å². The number of carbonyl (C=O) groups excluding carboxylic acids is 1. The summed E-state index contributed by atoms with van der Waals surface area (Å²) in [5, 5.41) is 8.46. The molecule has 0 spiro atoms. The molecule has 0 bridgehead atoms. The molecule has 0 aliphatic heterocycles. The van der Waals surface area contributed by atoms with E-state index >= 15 is 0 Å². The highest BCUT2D eigenvalue weighted by atomic mass is 32.1. The van der Waals surface area contributed by atoms with Gasteiger partial charge in [0.1, 0.15) is 5.75 Å². The Labute approximate surface area is 146 Å². The van der Waals surface area contributed by atoms with Crippen LogP contribution in [0.5, 0.6) is 5.75 Å². The molecule has 0 saturated heterocycles. The fraction of sp³-hybridized carbons (Fsp3) is 0.444. The van der Waals surface area contributed by atoms with E-state index < -0.39 is 0 Å². The average Bonchev–Trinajstić information content (AvgIpc) is 3.04. The van der Waals surface area contributed by atoms with Crippen molar-refractivity contribution in [3.05, 3.63) is 29.1 Å². The SMILES string of the molecule is COc1ccc(-c2csc(NC(=O)NC3CCCCC3)n2)cc1C. The number of urea groups is 1. The van der Waals surface area contributed by atoms with E-state index in [1.165, 1.54) is 30.6 Å². The number of thiazole rings is 1. The van der Waals surface area contributed by atoms with E-state index in [-0.39, 0.29) is 6.03 Å². The molecule has 3 rings (SSSR count). The quantitative estimate of drug-likeness (QED) is 0.852. The normalized spacial score (nSPS) is 15.1. The minimum atomic E-state index is -0.159. The van der Waals surface area contributed by atoms with Crippen LogP contribution in [0.1, 0.15) is 37.7 Å². The van der Waals surface area contributed by atoms with Gasteiger partial charge in [-0.3, -0.25) is 5.32 Å². The summed E-state index contributed by atoms with van der Waals surface area (Å²) in [4.78, 5) is 16.6. The first-order chi connectivity index (χ1) is 11.7. The van der Waals surface area contributed by atoms with Gasteiger partial charge in [-0.2, -0.15) is 0 Å². The Morgan fingerprint density at radius 1 is 1.29 bits per heavy atom. The Balaban J connectivity index is 1.62. The summed E-state index contributed by atoms with van der Waals surface area (Å²) in [6.45, 7) is 2.01. The van der Waals surface area contributed by atoms with Gasteiger partial charge in [-0.1, -0.05) is 19.3 Å². The molecule has 0 atom stereocenters. The van der Waals surface area contributed by atoms with E-state index in [0.717, 1.165) is 35.4 Å². The fourth-order valence-corrected chi connectivity index (χ4v) is 3.78. The van der Waals surface area contributed by atoms with Gasteiger partial charge < -0.3 is 10.1 Å². The number of benzene rings is 1. The number of nitrogens with zero attached hydrogens (tertiary/aromatic N) is 1. The van der Waals surface area contributed by atoms with E-state index in [1.54, 1.807) is 7.11 Å². The van der Waals surface area contributed by atoms with Crippen LogP contribution in [0.15, 0.2) is 23.6 Å². The molecule has 2 N–H and O–H groups in total. The third-order valence-corrected chi connectivity index (χ3v) is 5.11. The molecule has 1 aliphatic carbocycles. The van der Waals surface area contributed by atoms with Crippen LogP contribution < -0.4 is 15.4 Å². The van der Waals surface area contributed by atoms with Gasteiger partial charge in [0.2, 0.25) is 0 Å². The second-order valence-electron chi connectivity index (χ2n) is 6.16. The fourth-order valence-electron chi connectivity index (χ4n) is 3.07. The summed E-state index contributed by atoms with van der Waals surface area (Å²) < 4.78 is 5.28. The Kier molecular flexibility index (Phi) is 5.35. The molecule has 0 radical (unpaired) electrons. The molecule has 1 heterocycles. The lowest BCUT2D eigenvalue weighted by atomic mass is 9.96. The molecule has 2 aromatic rings. The van der Waals surface area contributed by atoms with Crippen LogP contribution in [0, 0.1) is 6.92 Å². The number of ether oxygens (including phenoxy) is 1. The molecule has 24 heavy (non-hydrogen) atoms. The smallest absolute Gasteiger partial charge is 0.321 e. The predicted octanol–water partition coefficient (Wildman–Crippen LogP) is 4.58. The maximum atomic E-state index is 12.1. The minimum absolute atomic E-state index is 0.159. The second kappa shape index (κ2) is 7.66. The second-order valence-corrected chi connectivity index (χ2v) is 7.01. The number of carbonyl (C=O) groups is 1. The van der Waals surface area contributed by atoms with Crippen LogP contribution >= 0.6 is 11.3 Å². The van der Waals surface area contributed by atoms with Gasteiger partial charge >= 0.3 is 6.03 Å². The van der Waals surface area contributed by atoms with Gasteiger partial charge in [-0.15, -0.1) is 11.3 Å². The first kappa shape index (κ1) is 16.8. The van der Waals surface area contributed by atoms with Crippen LogP contribution in [0.2, 0.25) is 0 Å². The number of hydrogen-bond donors (Lipinski definition) is 2. The highest BCUT2D eigenvalue weighted by Gasteiger charge is 2.16. The van der Waals surface area contributed by atoms with Gasteiger partial charge in [-0.25, -0.2) is 9.78 Å². The minimum Gasteiger partial charge on any atom is -0.496 e. The predicted molar refractivity (Wildman–Crippen MR) is 97.9 cm³/mol. The molecule has 0 unspecified atom stereocenters. The molecular weight excluding hydrogens is 322 g/mol. The molecule has 1 aromatic heterocycles. The summed E-state index contributed by atoms with van der Waals surface area (Å²) in [6, 6.07) is 6.09. The molecule has 5 nitrogen and oxygen atoms in total. The van der Waals surface area contributed by atoms with Crippen molar-refractivity contribution in [3.8, 4) is 17.0 Å². The number of aryl methyl sites for hydroxylation is 1. The Morgan fingerprint density at radius 2 is 2.08 bits per heavy atom. The summed E-state index contributed by atoms with van der Waals surface area (Å²) >= 11 is 1.44. The maximum absolute atomic E-state index is 12.1. The molecule has 1 aromatic carbocycles. The molecule has 1 aliphatic rings. The van der Waals surface area contributed by atoms with E-state index in [4.69, 9.17) is 4.74 Å². The van der Waals surface area contributed by atoms with Crippen LogP contribution in [0.4, 0.5) is 9.93 Å². The van der Waals surface area contributed by atoms with Crippen LogP contribution in [0.3, 0.4) is 0 Å². The number of nitrogens with one attached hydrogen (secondary N) is 2. The monoisotopic (exact) mass is 345 g/mol. The highest BCUT2D eigenvalue weighted by molar-refractivity contribution is 7.14. The van der Waals surface area contributed by atoms with Gasteiger partial charge in [0.25, 0.3) is 0 Å². The van der Waals surface area contributed by atoms with Gasteiger partial charge in [-0.05, 0) is 43.5 Å². The van der Waals surface area contributed by atoms with Crippen molar-refractivity contribution in [1.82, 2.24) is 10.3 Å². The standard InChI is InChI=1S/C18H23N3O2S/c1-12-10-13(8-9-16(12)23-2)15-11-24-18(20-15)21-17(22)19-14-6-4-3-5-7-14/h8-11,14H,3-7H2,1-2H3,(H2,19,20,21,22). The largest absolute Gasteiger partial charge is 0.496 e. The average molecular weight is 345 g/mol. The lowest BCUT2D eigenvalue weighted by Gasteiger charge is -2.22. The molecule has 1 saturated carbocycles. The maximum Gasteiger partial charge on any atom is 0.321 e. The number of aromatic nitrogens is 1. The zero-order valence-electron chi connectivity index (χ0n) is 14.1. The van der Waals surface area contributed by atoms with Crippen molar-refractivity contribution in [2.45, 2.75) is 45.1 Å². The van der Waals surface area contributed by atoms with E-state index in [1.807, 2.05) is 30.5 Å². The van der Waals surface area contributed by atoms with Gasteiger partial charge in [0.15, 0.2) is 5.13 Å². The van der Waals surface area contributed by atoms with Crippen LogP contribution in [0.25, 0.3) is 11.3 Å². The molecule has 2 amide bonds. The van der Waals surface area contributed by atoms with Gasteiger partial charge in [0, 0.05) is 17.0 Å². The molecular formula is C18H23N3O2S. The third kappa shape index (κ3) is 4.06. The summed E-state index contributed by atoms with van der Waals surface area (Å²) in [5.41, 5.74) is 2.94. The molecule has 6 heteroatoms. The summed E-state index contributed by atoms with van der Waals surface area (Å²) in [7, 11) is 1.66. The lowest BCUT2D eigenvalue weighted by molar-refractivity contribution is 0.244. The number of anilines is 1. The molecule has 1 fully saturated rings. The lowest BCUT2D eigenvalue weighted by Crippen LogP contribution is -2.38. The van der Waals surface area contributed by atoms with Crippen LogP contribution in [-0.4, -0.2) is 24.2 Å². The number of hydrogen-bond acceptors (Lipinski definition) is 4. The summed E-state index contributed by atoms with van der Waals surface area (Å²) in [6.07, 6.45) is 5.81. The van der Waals surface area contributed by atoms with E-state index in [9.17, 15) is 4.79 Å². The summed E-state index contributed by atoms with van der Waals surface area (Å²) in [5.74, 6) is 0.860. The Morgan fingerprint density at radius 3 is 2.79 bits per heavy atom. The Bertz CT molecular complexity index is 708. The Hall–Kier alpha value is -2.08. The zero-order chi connectivity index (χ0) is 16.9. The number of methoxy groups -OCH3 is 1. The third-order valence-electron chi connectivity index (χ3n) is 4.36. The number of amides is 2. The van der Waals surface area contributed by atoms with Crippen molar-refractivity contribution in [2.75, 3.05) is 12.4 Å². The molecule has 128 valence electrons. The first-order valence-electron chi connectivity index (χ1n) is 8.34. The highest BCUT2D eigenvalue weighted by Crippen LogP contribution is 2.28. The number of rotatable bonds is 4. The topological polar surface area (TPSA) is 63.2 Å². The van der Waals surface area contributed by atoms with Gasteiger partial charge in [0.05, 0.1) is 12.8 Å². The van der Waals surface area contributed by atoms with Crippen LogP contribution in [-0.2, 0) is 0 Å².